The van der Waals surface area contributed by atoms with Gasteiger partial charge in [-0.05, 0) is 45.1 Å². The monoisotopic (exact) mass is 537 g/mol. The van der Waals surface area contributed by atoms with Gasteiger partial charge in [-0.2, -0.15) is 18.3 Å². The number of hydrogen-bond donors (Lipinski definition) is 1. The van der Waals surface area contributed by atoms with Crippen LogP contribution in [0.1, 0.15) is 54.4 Å². The predicted octanol–water partition coefficient (Wildman–Crippen LogP) is 3.20. The number of halogens is 3. The number of nitrogens with one attached hydrogen (secondary N) is 1. The van der Waals surface area contributed by atoms with Gasteiger partial charge in [0.2, 0.25) is 11.8 Å². The molecule has 13 heteroatoms. The van der Waals surface area contributed by atoms with Gasteiger partial charge in [0.15, 0.2) is 23.2 Å². The number of anilines is 1. The number of thiazole rings is 1. The average Bonchev–Trinajstić information content (AvgIpc) is 3.58. The van der Waals surface area contributed by atoms with Crippen molar-refractivity contribution >= 4 is 40.5 Å². The number of likely N-dealkylation sites (tertiary alicyclic amines) is 1. The Labute approximate surface area is 214 Å². The van der Waals surface area contributed by atoms with Crippen molar-refractivity contribution in [1.29, 1.82) is 0 Å². The Morgan fingerprint density at radius 3 is 2.32 bits per heavy atom. The van der Waals surface area contributed by atoms with Gasteiger partial charge < -0.3 is 10.2 Å². The number of amides is 2. The molecule has 1 saturated heterocycles. The Hall–Kier alpha value is -3.09. The standard InChI is InChI=1S/C24H26F3N5O4S/c1-12-8-16(24(25,26)27)30-32(12)10-18(33)31-6-4-13(5-7-31)23-29-17(11-37-23)28-22(36)19-20(34)14-2-3-15(9-14)21(19)35/h8,11,13-15,19H,2-7,9-10H2,1H3,(H,28,36). The second-order valence-corrected chi connectivity index (χ2v) is 10.9. The number of fused-ring (bicyclic) bond motifs is 2. The minimum atomic E-state index is -4.56. The molecule has 0 spiro atoms. The van der Waals surface area contributed by atoms with E-state index in [4.69, 9.17) is 0 Å². The van der Waals surface area contributed by atoms with E-state index in [2.05, 4.69) is 15.4 Å². The van der Waals surface area contributed by atoms with E-state index in [0.29, 0.717) is 51.0 Å². The lowest BCUT2D eigenvalue weighted by molar-refractivity contribution is -0.145. The summed E-state index contributed by atoms with van der Waals surface area (Å²) in [6, 6.07) is 0.919. The van der Waals surface area contributed by atoms with Gasteiger partial charge in [-0.1, -0.05) is 0 Å². The second kappa shape index (κ2) is 9.66. The van der Waals surface area contributed by atoms with Crippen molar-refractivity contribution in [3.05, 3.63) is 27.8 Å². The van der Waals surface area contributed by atoms with Crippen LogP contribution in [0.25, 0.3) is 0 Å². The van der Waals surface area contributed by atoms with Crippen LogP contribution in [0.4, 0.5) is 19.0 Å². The molecule has 9 nitrogen and oxygen atoms in total. The smallest absolute Gasteiger partial charge is 0.341 e. The molecule has 2 amide bonds. The molecule has 37 heavy (non-hydrogen) atoms. The van der Waals surface area contributed by atoms with Gasteiger partial charge in [0, 0.05) is 41.9 Å². The van der Waals surface area contributed by atoms with Gasteiger partial charge in [-0.25, -0.2) is 4.98 Å². The van der Waals surface area contributed by atoms with Crippen LogP contribution in [0.15, 0.2) is 11.4 Å². The number of carbonyl (C=O) groups excluding carboxylic acids is 4. The number of nitrogens with zero attached hydrogens (tertiary/aromatic N) is 4. The molecular formula is C24H26F3N5O4S. The fourth-order valence-electron chi connectivity index (χ4n) is 5.51. The minimum absolute atomic E-state index is 0.0526. The highest BCUT2D eigenvalue weighted by atomic mass is 32.1. The minimum Gasteiger partial charge on any atom is -0.341 e. The highest BCUT2D eigenvalue weighted by Gasteiger charge is 2.50. The number of rotatable bonds is 5. The summed E-state index contributed by atoms with van der Waals surface area (Å²) in [5, 5.41) is 8.61. The summed E-state index contributed by atoms with van der Waals surface area (Å²) in [5.41, 5.74) is -0.759. The Morgan fingerprint density at radius 1 is 1.08 bits per heavy atom. The maximum atomic E-state index is 12.9. The molecule has 2 aliphatic carbocycles. The van der Waals surface area contributed by atoms with Crippen LogP contribution < -0.4 is 5.32 Å². The van der Waals surface area contributed by atoms with Crippen molar-refractivity contribution < 1.29 is 32.3 Å². The lowest BCUT2D eigenvalue weighted by Crippen LogP contribution is -2.44. The van der Waals surface area contributed by atoms with E-state index in [1.807, 2.05) is 0 Å². The molecule has 2 bridgehead atoms. The molecule has 0 aromatic carbocycles. The first-order chi connectivity index (χ1) is 17.5. The maximum absolute atomic E-state index is 12.9. The van der Waals surface area contributed by atoms with Gasteiger partial charge in [0.1, 0.15) is 12.4 Å². The highest BCUT2D eigenvalue weighted by Crippen LogP contribution is 2.41. The first-order valence-electron chi connectivity index (χ1n) is 12.2. The molecule has 2 aromatic rings. The Bertz CT molecular complexity index is 1230. The van der Waals surface area contributed by atoms with E-state index in [9.17, 15) is 32.3 Å². The van der Waals surface area contributed by atoms with Gasteiger partial charge in [-0.3, -0.25) is 23.9 Å². The Morgan fingerprint density at radius 2 is 1.73 bits per heavy atom. The van der Waals surface area contributed by atoms with Crippen LogP contribution in [0.3, 0.4) is 0 Å². The van der Waals surface area contributed by atoms with Crippen LogP contribution >= 0.6 is 11.3 Å². The van der Waals surface area contributed by atoms with Gasteiger partial charge in [-0.15, -0.1) is 11.3 Å². The third-order valence-electron chi connectivity index (χ3n) is 7.60. The van der Waals surface area contributed by atoms with Crippen LogP contribution in [0.5, 0.6) is 0 Å². The third-order valence-corrected chi connectivity index (χ3v) is 8.60. The van der Waals surface area contributed by atoms with Crippen molar-refractivity contribution in [2.45, 2.75) is 57.7 Å². The summed E-state index contributed by atoms with van der Waals surface area (Å²) < 4.78 is 39.7. The summed E-state index contributed by atoms with van der Waals surface area (Å²) in [4.78, 5) is 56.6. The van der Waals surface area contributed by atoms with E-state index in [1.54, 1.807) is 10.3 Å². The van der Waals surface area contributed by atoms with Crippen LogP contribution in [-0.2, 0) is 31.9 Å². The predicted molar refractivity (Wildman–Crippen MR) is 126 cm³/mol. The Balaban J connectivity index is 1.15. The number of aryl methyl sites for hydroxylation is 1. The van der Waals surface area contributed by atoms with Crippen molar-refractivity contribution in [3.63, 3.8) is 0 Å². The van der Waals surface area contributed by atoms with E-state index < -0.39 is 23.7 Å². The molecular weight excluding hydrogens is 511 g/mol. The van der Waals surface area contributed by atoms with Crippen LogP contribution in [-0.4, -0.2) is 56.1 Å². The molecule has 3 heterocycles. The zero-order valence-corrected chi connectivity index (χ0v) is 20.9. The third kappa shape index (κ3) is 5.05. The van der Waals surface area contributed by atoms with Gasteiger partial charge >= 0.3 is 6.18 Å². The summed E-state index contributed by atoms with van der Waals surface area (Å²) in [6.07, 6.45) is -1.46. The van der Waals surface area contributed by atoms with E-state index in [1.165, 1.54) is 18.3 Å². The highest BCUT2D eigenvalue weighted by molar-refractivity contribution is 7.10. The molecule has 2 unspecified atom stereocenters. The normalized spacial score (nSPS) is 24.5. The Kier molecular flexibility index (Phi) is 6.67. The lowest BCUT2D eigenvalue weighted by Gasteiger charge is -2.31. The second-order valence-electron chi connectivity index (χ2n) is 9.99. The number of ketones is 2. The summed E-state index contributed by atoms with van der Waals surface area (Å²) in [7, 11) is 0. The molecule has 0 radical (unpaired) electrons. The fourth-order valence-corrected chi connectivity index (χ4v) is 6.44. The van der Waals surface area contributed by atoms with Crippen LogP contribution in [0.2, 0.25) is 0 Å². The first-order valence-corrected chi connectivity index (χ1v) is 13.1. The maximum Gasteiger partial charge on any atom is 0.435 e. The molecule has 2 atom stereocenters. The SMILES string of the molecule is Cc1cc(C(F)(F)F)nn1CC(=O)N1CCC(c2nc(NC(=O)C3C(=O)C4CCC(C4)C3=O)cs2)CC1. The van der Waals surface area contributed by atoms with E-state index >= 15 is 0 Å². The molecule has 2 saturated carbocycles. The van der Waals surface area contributed by atoms with Gasteiger partial charge in [0.05, 0.1) is 5.01 Å². The van der Waals surface area contributed by atoms with Crippen molar-refractivity contribution in [3.8, 4) is 0 Å². The van der Waals surface area contributed by atoms with Gasteiger partial charge in [0.25, 0.3) is 0 Å². The number of piperidine rings is 1. The molecule has 3 fully saturated rings. The number of aromatic nitrogens is 3. The molecule has 198 valence electrons. The van der Waals surface area contributed by atoms with Crippen molar-refractivity contribution in [1.82, 2.24) is 19.7 Å². The molecule has 3 aliphatic rings. The summed E-state index contributed by atoms with van der Waals surface area (Å²) in [5.74, 6) is -2.81. The molecule has 1 aliphatic heterocycles. The number of hydrogen-bond acceptors (Lipinski definition) is 7. The molecule has 5 rings (SSSR count). The zero-order chi connectivity index (χ0) is 26.5. The van der Waals surface area contributed by atoms with Crippen LogP contribution in [0, 0.1) is 24.7 Å². The van der Waals surface area contributed by atoms with Crippen molar-refractivity contribution in [2.24, 2.45) is 17.8 Å². The number of Topliss-reactive ketones (excluding diaryl/α,β-unsaturated/α-hetero) is 2. The number of alkyl halides is 3. The van der Waals surface area contributed by atoms with E-state index in [-0.39, 0.29) is 47.5 Å². The molecule has 2 aromatic heterocycles. The molecule has 1 N–H and O–H groups in total. The summed E-state index contributed by atoms with van der Waals surface area (Å²) in [6.45, 7) is 2.06. The quantitative estimate of drug-likeness (QED) is 0.586. The largest absolute Gasteiger partial charge is 0.435 e. The summed E-state index contributed by atoms with van der Waals surface area (Å²) >= 11 is 1.36. The average molecular weight is 538 g/mol. The number of carbonyl (C=O) groups is 4. The topological polar surface area (TPSA) is 114 Å². The van der Waals surface area contributed by atoms with E-state index in [0.717, 1.165) is 15.8 Å². The van der Waals surface area contributed by atoms with Crippen molar-refractivity contribution in [2.75, 3.05) is 18.4 Å². The zero-order valence-electron chi connectivity index (χ0n) is 20.1. The fraction of sp³-hybridized carbons (Fsp3) is 0.583. The first kappa shape index (κ1) is 25.6. The lowest BCUT2D eigenvalue weighted by atomic mass is 9.78.